The van der Waals surface area contributed by atoms with Gasteiger partial charge in [0.15, 0.2) is 0 Å². The molecule has 1 unspecified atom stereocenters. The highest BCUT2D eigenvalue weighted by Crippen LogP contribution is 2.64. The fraction of sp³-hybridized carbons (Fsp3) is 0.933. The van der Waals surface area contributed by atoms with Crippen LogP contribution in [0.25, 0.3) is 0 Å². The van der Waals surface area contributed by atoms with Gasteiger partial charge >= 0.3 is 5.97 Å². The minimum Gasteiger partial charge on any atom is -0.462 e. The zero-order chi connectivity index (χ0) is 13.2. The molecule has 102 valence electrons. The van der Waals surface area contributed by atoms with Crippen molar-refractivity contribution < 1.29 is 14.6 Å². The second kappa shape index (κ2) is 3.50. The van der Waals surface area contributed by atoms with Crippen molar-refractivity contribution in [3.05, 3.63) is 0 Å². The van der Waals surface area contributed by atoms with Crippen LogP contribution < -0.4 is 0 Å². The van der Waals surface area contributed by atoms with Crippen LogP contribution in [0.5, 0.6) is 0 Å². The highest BCUT2D eigenvalue weighted by molar-refractivity contribution is 5.72. The van der Waals surface area contributed by atoms with Crippen LogP contribution in [-0.2, 0) is 9.53 Å². The van der Waals surface area contributed by atoms with Crippen LogP contribution in [-0.4, -0.2) is 22.8 Å². The zero-order valence-corrected chi connectivity index (χ0v) is 11.7. The molecule has 3 fully saturated rings. The molecule has 1 heterocycles. The lowest BCUT2D eigenvalue weighted by atomic mass is 9.45. The smallest absolute Gasteiger partial charge is 0.306 e. The first-order chi connectivity index (χ1) is 8.30. The monoisotopic (exact) mass is 252 g/mol. The van der Waals surface area contributed by atoms with Gasteiger partial charge in [-0.2, -0.15) is 0 Å². The Kier molecular flexibility index (Phi) is 2.42. The Morgan fingerprint density at radius 1 is 1.22 bits per heavy atom. The van der Waals surface area contributed by atoms with Crippen LogP contribution in [0.3, 0.4) is 0 Å². The van der Waals surface area contributed by atoms with Crippen molar-refractivity contribution in [2.75, 3.05) is 0 Å². The first kappa shape index (κ1) is 12.5. The number of hydrogen-bond acceptors (Lipinski definition) is 3. The Morgan fingerprint density at radius 2 is 1.94 bits per heavy atom. The number of rotatable bonds is 0. The molecule has 1 aliphatic heterocycles. The van der Waals surface area contributed by atoms with E-state index in [1.807, 2.05) is 0 Å². The largest absolute Gasteiger partial charge is 0.462 e. The van der Waals surface area contributed by atoms with Crippen molar-refractivity contribution in [3.63, 3.8) is 0 Å². The summed E-state index contributed by atoms with van der Waals surface area (Å²) in [4.78, 5) is 11.6. The molecule has 0 bridgehead atoms. The molecule has 0 aromatic carbocycles. The predicted molar refractivity (Wildman–Crippen MR) is 67.9 cm³/mol. The summed E-state index contributed by atoms with van der Waals surface area (Å²) in [6, 6.07) is 0. The summed E-state index contributed by atoms with van der Waals surface area (Å²) < 4.78 is 5.44. The van der Waals surface area contributed by atoms with Gasteiger partial charge in [0.1, 0.15) is 6.10 Å². The number of aliphatic hydroxyl groups is 1. The van der Waals surface area contributed by atoms with E-state index >= 15 is 0 Å². The second-order valence-corrected chi connectivity index (χ2v) is 7.39. The summed E-state index contributed by atoms with van der Waals surface area (Å²) in [6.07, 6.45) is 5.38. The van der Waals surface area contributed by atoms with Crippen molar-refractivity contribution in [1.29, 1.82) is 0 Å². The fourth-order valence-corrected chi connectivity index (χ4v) is 5.06. The summed E-state index contributed by atoms with van der Waals surface area (Å²) in [5, 5.41) is 11.3. The van der Waals surface area contributed by atoms with Gasteiger partial charge < -0.3 is 9.84 Å². The molecule has 3 nitrogen and oxygen atoms in total. The molecule has 2 aliphatic carbocycles. The first-order valence-electron chi connectivity index (χ1n) is 7.22. The second-order valence-electron chi connectivity index (χ2n) is 7.39. The standard InChI is InChI=1S/C15H24O3/c1-13(2)6-4-7-14(3)10-9-12(16)18-11(10)5-8-15(13,14)17/h10-11,17H,4-9H2,1-3H3/t10-,11+,14+,15?/m0/s1. The van der Waals surface area contributed by atoms with Crippen LogP contribution in [0.15, 0.2) is 0 Å². The van der Waals surface area contributed by atoms with Gasteiger partial charge in [0.05, 0.1) is 12.0 Å². The van der Waals surface area contributed by atoms with Crippen molar-refractivity contribution in [2.24, 2.45) is 16.7 Å². The molecule has 3 aliphatic rings. The minimum absolute atomic E-state index is 0.0525. The molecule has 2 saturated carbocycles. The molecule has 0 spiro atoms. The molecule has 1 N–H and O–H groups in total. The highest BCUT2D eigenvalue weighted by Gasteiger charge is 2.66. The number of hydrogen-bond donors (Lipinski definition) is 1. The summed E-state index contributed by atoms with van der Waals surface area (Å²) in [5.74, 6) is 0.141. The highest BCUT2D eigenvalue weighted by atomic mass is 16.6. The molecule has 3 rings (SSSR count). The lowest BCUT2D eigenvalue weighted by molar-refractivity contribution is -0.236. The Bertz CT molecular complexity index is 389. The summed E-state index contributed by atoms with van der Waals surface area (Å²) >= 11 is 0. The van der Waals surface area contributed by atoms with Gasteiger partial charge in [-0.25, -0.2) is 0 Å². The topological polar surface area (TPSA) is 46.5 Å². The van der Waals surface area contributed by atoms with Gasteiger partial charge in [0, 0.05) is 11.3 Å². The molecule has 0 radical (unpaired) electrons. The lowest BCUT2D eigenvalue weighted by Gasteiger charge is -2.62. The van der Waals surface area contributed by atoms with Gasteiger partial charge in [-0.1, -0.05) is 27.2 Å². The van der Waals surface area contributed by atoms with E-state index in [0.717, 1.165) is 32.1 Å². The van der Waals surface area contributed by atoms with Gasteiger partial charge in [0.25, 0.3) is 0 Å². The number of esters is 1. The SMILES string of the molecule is CC1(C)CCC[C@]2(C)[C@H]3CC(=O)O[C@@H]3CCC12O. The number of fused-ring (bicyclic) bond motifs is 3. The average molecular weight is 252 g/mol. The minimum atomic E-state index is -0.645. The van der Waals surface area contributed by atoms with Crippen LogP contribution >= 0.6 is 0 Å². The molecule has 1 saturated heterocycles. The molecule has 0 aromatic rings. The molecule has 4 atom stereocenters. The van der Waals surface area contributed by atoms with E-state index in [4.69, 9.17) is 4.74 Å². The van der Waals surface area contributed by atoms with E-state index < -0.39 is 5.60 Å². The third-order valence-corrected chi connectivity index (χ3v) is 6.29. The Morgan fingerprint density at radius 3 is 2.67 bits per heavy atom. The van der Waals surface area contributed by atoms with E-state index in [1.165, 1.54) is 0 Å². The van der Waals surface area contributed by atoms with E-state index in [-0.39, 0.29) is 28.8 Å². The summed E-state index contributed by atoms with van der Waals surface area (Å²) in [7, 11) is 0. The lowest BCUT2D eigenvalue weighted by Crippen LogP contribution is -2.65. The molecule has 18 heavy (non-hydrogen) atoms. The van der Waals surface area contributed by atoms with Gasteiger partial charge in [-0.15, -0.1) is 0 Å². The van der Waals surface area contributed by atoms with E-state index in [0.29, 0.717) is 6.42 Å². The van der Waals surface area contributed by atoms with Crippen molar-refractivity contribution in [2.45, 2.75) is 71.0 Å². The van der Waals surface area contributed by atoms with E-state index in [9.17, 15) is 9.90 Å². The normalized spacial score (nSPS) is 50.3. The summed E-state index contributed by atoms with van der Waals surface area (Å²) in [6.45, 7) is 6.55. The van der Waals surface area contributed by atoms with E-state index in [2.05, 4.69) is 20.8 Å². The summed E-state index contributed by atoms with van der Waals surface area (Å²) in [5.41, 5.74) is -0.867. The van der Waals surface area contributed by atoms with Gasteiger partial charge in [0.2, 0.25) is 0 Å². The number of carbonyl (C=O) groups excluding carboxylic acids is 1. The maximum atomic E-state index is 11.6. The fourth-order valence-electron chi connectivity index (χ4n) is 5.06. The van der Waals surface area contributed by atoms with Gasteiger partial charge in [-0.3, -0.25) is 4.79 Å². The maximum Gasteiger partial charge on any atom is 0.306 e. The maximum absolute atomic E-state index is 11.6. The Labute approximate surface area is 109 Å². The van der Waals surface area contributed by atoms with Crippen LogP contribution in [0.2, 0.25) is 0 Å². The average Bonchev–Trinajstić information content (AvgIpc) is 2.65. The predicted octanol–water partition coefficient (Wildman–Crippen LogP) is 2.66. The molecular weight excluding hydrogens is 228 g/mol. The number of ether oxygens (including phenoxy) is 1. The third-order valence-electron chi connectivity index (χ3n) is 6.29. The van der Waals surface area contributed by atoms with Crippen LogP contribution in [0.1, 0.15) is 59.3 Å². The van der Waals surface area contributed by atoms with Crippen molar-refractivity contribution >= 4 is 5.97 Å². The molecule has 3 heteroatoms. The Hall–Kier alpha value is -0.570. The zero-order valence-electron chi connectivity index (χ0n) is 11.7. The van der Waals surface area contributed by atoms with Crippen molar-refractivity contribution in [1.82, 2.24) is 0 Å². The Balaban J connectivity index is 2.03. The quantitative estimate of drug-likeness (QED) is 0.674. The van der Waals surface area contributed by atoms with Crippen molar-refractivity contribution in [3.8, 4) is 0 Å². The van der Waals surface area contributed by atoms with E-state index in [1.54, 1.807) is 0 Å². The number of carbonyl (C=O) groups is 1. The molecular formula is C15H24O3. The van der Waals surface area contributed by atoms with Gasteiger partial charge in [-0.05, 0) is 31.1 Å². The third kappa shape index (κ3) is 1.31. The first-order valence-corrected chi connectivity index (χ1v) is 7.22. The molecule has 0 aromatic heterocycles. The van der Waals surface area contributed by atoms with Crippen LogP contribution in [0, 0.1) is 16.7 Å². The van der Waals surface area contributed by atoms with Crippen LogP contribution in [0.4, 0.5) is 0 Å². The molecule has 0 amide bonds.